The molecule has 0 spiro atoms. The number of carbonyl (C=O) groups is 2. The van der Waals surface area contributed by atoms with Crippen LogP contribution in [0.25, 0.3) is 5.76 Å². The Morgan fingerprint density at radius 2 is 1.67 bits per heavy atom. The molecule has 4 aromatic rings. The number of aromatic nitrogens is 1. The molecular weight excluding hydrogens is 492 g/mol. The van der Waals surface area contributed by atoms with E-state index in [2.05, 4.69) is 4.98 Å². The Kier molecular flexibility index (Phi) is 7.41. The van der Waals surface area contributed by atoms with Crippen LogP contribution in [0.15, 0.2) is 103 Å². The molecule has 0 aliphatic carbocycles. The van der Waals surface area contributed by atoms with E-state index in [9.17, 15) is 14.7 Å². The van der Waals surface area contributed by atoms with Crippen molar-refractivity contribution in [2.45, 2.75) is 26.4 Å². The standard InChI is InChI=1S/C32H28N2O5/c1-3-38-27-13-12-24(18-21(27)2)30(35)28-29(34(32(37)31(28)36)20-22-14-16-33-17-15-22)23-8-7-11-26(19-23)39-25-9-5-4-6-10-25/h4-19,29,35H,3,20H2,1-2H3/b30-28+. The lowest BCUT2D eigenvalue weighted by Gasteiger charge is -2.26. The number of pyridine rings is 1. The largest absolute Gasteiger partial charge is 0.507 e. The molecule has 39 heavy (non-hydrogen) atoms. The van der Waals surface area contributed by atoms with Crippen LogP contribution in [0.2, 0.25) is 0 Å². The van der Waals surface area contributed by atoms with E-state index in [0.717, 1.165) is 11.1 Å². The molecule has 7 nitrogen and oxygen atoms in total. The molecule has 1 unspecified atom stereocenters. The Balaban J connectivity index is 1.61. The zero-order valence-electron chi connectivity index (χ0n) is 21.7. The van der Waals surface area contributed by atoms with Crippen molar-refractivity contribution >= 4 is 17.4 Å². The van der Waals surface area contributed by atoms with Gasteiger partial charge in [0.2, 0.25) is 0 Å². The molecule has 1 aliphatic rings. The number of rotatable bonds is 8. The fraction of sp³-hybridized carbons (Fsp3) is 0.156. The molecule has 0 radical (unpaired) electrons. The van der Waals surface area contributed by atoms with Gasteiger partial charge in [-0.1, -0.05) is 30.3 Å². The van der Waals surface area contributed by atoms with Gasteiger partial charge >= 0.3 is 0 Å². The van der Waals surface area contributed by atoms with Crippen LogP contribution in [-0.4, -0.2) is 33.3 Å². The summed E-state index contributed by atoms with van der Waals surface area (Å²) in [5, 5.41) is 11.5. The molecule has 1 aromatic heterocycles. The van der Waals surface area contributed by atoms with Crippen molar-refractivity contribution in [2.24, 2.45) is 0 Å². The summed E-state index contributed by atoms with van der Waals surface area (Å²) in [5.74, 6) is 0.226. The van der Waals surface area contributed by atoms with Crippen LogP contribution in [0.3, 0.4) is 0 Å². The molecule has 3 aromatic carbocycles. The quantitative estimate of drug-likeness (QED) is 0.169. The van der Waals surface area contributed by atoms with Crippen molar-refractivity contribution < 1.29 is 24.2 Å². The number of ketones is 1. The highest BCUT2D eigenvalue weighted by atomic mass is 16.5. The predicted octanol–water partition coefficient (Wildman–Crippen LogP) is 6.20. The van der Waals surface area contributed by atoms with Crippen LogP contribution in [-0.2, 0) is 16.1 Å². The van der Waals surface area contributed by atoms with E-state index in [1.807, 2.05) is 50.2 Å². The van der Waals surface area contributed by atoms with Crippen LogP contribution in [0.1, 0.15) is 35.2 Å². The number of aryl methyl sites for hydroxylation is 1. The van der Waals surface area contributed by atoms with Gasteiger partial charge in [0.25, 0.3) is 11.7 Å². The summed E-state index contributed by atoms with van der Waals surface area (Å²) >= 11 is 0. The monoisotopic (exact) mass is 520 g/mol. The third-order valence-corrected chi connectivity index (χ3v) is 6.54. The fourth-order valence-corrected chi connectivity index (χ4v) is 4.72. The topological polar surface area (TPSA) is 89.0 Å². The molecule has 1 atom stereocenters. The Bertz CT molecular complexity index is 1530. The van der Waals surface area contributed by atoms with E-state index in [1.165, 1.54) is 4.90 Å². The average molecular weight is 521 g/mol. The maximum Gasteiger partial charge on any atom is 0.295 e. The first kappa shape index (κ1) is 25.7. The highest BCUT2D eigenvalue weighted by Crippen LogP contribution is 2.41. The molecule has 1 amide bonds. The number of likely N-dealkylation sites (tertiary alicyclic amines) is 1. The van der Waals surface area contributed by atoms with Gasteiger partial charge in [0.1, 0.15) is 23.0 Å². The van der Waals surface area contributed by atoms with Gasteiger partial charge in [0, 0.05) is 24.5 Å². The molecule has 1 fully saturated rings. The van der Waals surface area contributed by atoms with Gasteiger partial charge in [-0.25, -0.2) is 0 Å². The number of ether oxygens (including phenoxy) is 2. The number of hydrogen-bond donors (Lipinski definition) is 1. The Hall–Kier alpha value is -4.91. The molecule has 0 saturated carbocycles. The van der Waals surface area contributed by atoms with Crippen LogP contribution in [0, 0.1) is 6.92 Å². The molecule has 1 N–H and O–H groups in total. The molecule has 5 rings (SSSR count). The summed E-state index contributed by atoms with van der Waals surface area (Å²) in [6.07, 6.45) is 3.27. The molecule has 7 heteroatoms. The second-order valence-electron chi connectivity index (χ2n) is 9.18. The van der Waals surface area contributed by atoms with Gasteiger partial charge in [-0.2, -0.15) is 0 Å². The van der Waals surface area contributed by atoms with E-state index in [1.54, 1.807) is 60.9 Å². The van der Waals surface area contributed by atoms with Gasteiger partial charge in [-0.15, -0.1) is 0 Å². The summed E-state index contributed by atoms with van der Waals surface area (Å²) < 4.78 is 11.7. The lowest BCUT2D eigenvalue weighted by molar-refractivity contribution is -0.140. The normalized spacial score (nSPS) is 16.4. The fourth-order valence-electron chi connectivity index (χ4n) is 4.72. The van der Waals surface area contributed by atoms with Gasteiger partial charge in [-0.3, -0.25) is 14.6 Å². The highest BCUT2D eigenvalue weighted by molar-refractivity contribution is 6.46. The lowest BCUT2D eigenvalue weighted by atomic mass is 9.94. The summed E-state index contributed by atoms with van der Waals surface area (Å²) in [7, 11) is 0. The van der Waals surface area contributed by atoms with Gasteiger partial charge in [0.05, 0.1) is 18.2 Å². The van der Waals surface area contributed by atoms with Crippen LogP contribution in [0.4, 0.5) is 0 Å². The Labute approximate surface area is 227 Å². The second kappa shape index (κ2) is 11.2. The molecular formula is C32H28N2O5. The zero-order chi connectivity index (χ0) is 27.4. The van der Waals surface area contributed by atoms with Crippen molar-refractivity contribution in [3.8, 4) is 17.2 Å². The minimum absolute atomic E-state index is 0.0227. The summed E-state index contributed by atoms with van der Waals surface area (Å²) in [4.78, 5) is 32.4. The van der Waals surface area contributed by atoms with Gasteiger partial charge in [0.15, 0.2) is 0 Å². The Morgan fingerprint density at radius 1 is 0.923 bits per heavy atom. The van der Waals surface area contributed by atoms with Gasteiger partial charge in [-0.05, 0) is 85.1 Å². The minimum Gasteiger partial charge on any atom is -0.507 e. The molecule has 196 valence electrons. The van der Waals surface area contributed by atoms with Crippen molar-refractivity contribution in [1.29, 1.82) is 0 Å². The number of nitrogens with zero attached hydrogens (tertiary/aromatic N) is 2. The van der Waals surface area contributed by atoms with E-state index >= 15 is 0 Å². The smallest absolute Gasteiger partial charge is 0.295 e. The van der Waals surface area contributed by atoms with Crippen molar-refractivity contribution in [3.63, 3.8) is 0 Å². The second-order valence-corrected chi connectivity index (χ2v) is 9.18. The highest BCUT2D eigenvalue weighted by Gasteiger charge is 2.46. The van der Waals surface area contributed by atoms with E-state index in [0.29, 0.717) is 35.0 Å². The summed E-state index contributed by atoms with van der Waals surface area (Å²) in [6.45, 7) is 4.44. The average Bonchev–Trinajstić information content (AvgIpc) is 3.20. The number of carbonyl (C=O) groups excluding carboxylic acids is 2. The number of Topliss-reactive ketones (excluding diaryl/α,β-unsaturated/α-hetero) is 1. The number of benzene rings is 3. The first-order valence-electron chi connectivity index (χ1n) is 12.7. The number of para-hydroxylation sites is 1. The molecule has 1 saturated heterocycles. The van der Waals surface area contributed by atoms with Crippen molar-refractivity contribution in [3.05, 3.63) is 125 Å². The van der Waals surface area contributed by atoms with E-state index < -0.39 is 17.7 Å². The van der Waals surface area contributed by atoms with Crippen LogP contribution in [0.5, 0.6) is 17.2 Å². The number of aliphatic hydroxyl groups is 1. The lowest BCUT2D eigenvalue weighted by Crippen LogP contribution is -2.29. The predicted molar refractivity (Wildman–Crippen MR) is 147 cm³/mol. The zero-order valence-corrected chi connectivity index (χ0v) is 21.7. The molecule has 2 heterocycles. The third-order valence-electron chi connectivity index (χ3n) is 6.54. The minimum atomic E-state index is -0.829. The van der Waals surface area contributed by atoms with Crippen LogP contribution < -0.4 is 9.47 Å². The number of amides is 1. The SMILES string of the molecule is CCOc1ccc(/C(O)=C2\C(=O)C(=O)N(Cc3ccncc3)C2c2cccc(Oc3ccccc3)c2)cc1C. The van der Waals surface area contributed by atoms with E-state index in [4.69, 9.17) is 9.47 Å². The molecule has 1 aliphatic heterocycles. The number of aliphatic hydroxyl groups excluding tert-OH is 1. The first-order valence-corrected chi connectivity index (χ1v) is 12.7. The Morgan fingerprint density at radius 3 is 2.38 bits per heavy atom. The third kappa shape index (κ3) is 5.38. The summed E-state index contributed by atoms with van der Waals surface area (Å²) in [6, 6.07) is 24.5. The van der Waals surface area contributed by atoms with Crippen molar-refractivity contribution in [2.75, 3.05) is 6.61 Å². The maximum atomic E-state index is 13.5. The van der Waals surface area contributed by atoms with Crippen LogP contribution >= 0.6 is 0 Å². The first-order chi connectivity index (χ1) is 19.0. The molecule has 0 bridgehead atoms. The maximum absolute atomic E-state index is 13.5. The summed E-state index contributed by atoms with van der Waals surface area (Å²) in [5.41, 5.74) is 2.71. The number of hydrogen-bond acceptors (Lipinski definition) is 6. The van der Waals surface area contributed by atoms with E-state index in [-0.39, 0.29) is 17.9 Å². The van der Waals surface area contributed by atoms with Crippen molar-refractivity contribution in [1.82, 2.24) is 9.88 Å². The van der Waals surface area contributed by atoms with Gasteiger partial charge < -0.3 is 19.5 Å².